The third-order valence-electron chi connectivity index (χ3n) is 2.99. The highest BCUT2D eigenvalue weighted by Gasteiger charge is 2.15. The van der Waals surface area contributed by atoms with Gasteiger partial charge in [-0.2, -0.15) is 0 Å². The molecule has 0 aliphatic heterocycles. The SMILES string of the molecule is Cc1ccc(S(=O)(=O)CCCC(=O)c2cccs2)cc1. The molecule has 5 heteroatoms. The number of carbonyl (C=O) groups is 1. The van der Waals surface area contributed by atoms with Gasteiger partial charge in [0.05, 0.1) is 15.5 Å². The molecule has 0 saturated heterocycles. The summed E-state index contributed by atoms with van der Waals surface area (Å²) in [6, 6.07) is 10.4. The Morgan fingerprint density at radius 1 is 1.15 bits per heavy atom. The van der Waals surface area contributed by atoms with Crippen LogP contribution in [0.2, 0.25) is 0 Å². The second-order valence-corrected chi connectivity index (χ2v) is 7.69. The van der Waals surface area contributed by atoms with Crippen molar-refractivity contribution in [1.29, 1.82) is 0 Å². The summed E-state index contributed by atoms with van der Waals surface area (Å²) in [6.45, 7) is 1.91. The number of ketones is 1. The summed E-state index contributed by atoms with van der Waals surface area (Å²) in [4.78, 5) is 12.8. The van der Waals surface area contributed by atoms with E-state index in [1.165, 1.54) is 11.3 Å². The van der Waals surface area contributed by atoms with E-state index < -0.39 is 9.84 Å². The third kappa shape index (κ3) is 3.77. The maximum absolute atomic E-state index is 12.1. The van der Waals surface area contributed by atoms with E-state index in [9.17, 15) is 13.2 Å². The number of sulfone groups is 1. The average Bonchev–Trinajstić information content (AvgIpc) is 2.93. The molecule has 1 heterocycles. The summed E-state index contributed by atoms with van der Waals surface area (Å²) >= 11 is 1.39. The highest BCUT2D eigenvalue weighted by molar-refractivity contribution is 7.91. The van der Waals surface area contributed by atoms with E-state index in [1.807, 2.05) is 18.4 Å². The number of aryl methyl sites for hydroxylation is 1. The molecule has 0 spiro atoms. The number of Topliss-reactive ketones (excluding diaryl/α,β-unsaturated/α-hetero) is 1. The molecule has 0 atom stereocenters. The number of hydrogen-bond acceptors (Lipinski definition) is 4. The van der Waals surface area contributed by atoms with Crippen molar-refractivity contribution in [2.45, 2.75) is 24.7 Å². The van der Waals surface area contributed by atoms with Gasteiger partial charge in [-0.1, -0.05) is 23.8 Å². The molecule has 0 fully saturated rings. The predicted molar refractivity (Wildman–Crippen MR) is 81.1 cm³/mol. The van der Waals surface area contributed by atoms with Crippen LogP contribution in [-0.2, 0) is 9.84 Å². The zero-order valence-electron chi connectivity index (χ0n) is 11.2. The Kier molecular flexibility index (Phi) is 4.73. The van der Waals surface area contributed by atoms with Gasteiger partial charge in [0.25, 0.3) is 0 Å². The largest absolute Gasteiger partial charge is 0.293 e. The van der Waals surface area contributed by atoms with Crippen molar-refractivity contribution in [3.8, 4) is 0 Å². The molecular weight excluding hydrogens is 292 g/mol. The van der Waals surface area contributed by atoms with Gasteiger partial charge in [-0.3, -0.25) is 4.79 Å². The lowest BCUT2D eigenvalue weighted by Gasteiger charge is -2.04. The van der Waals surface area contributed by atoms with Crippen LogP contribution in [0, 0.1) is 6.92 Å². The Bertz CT molecular complexity index is 668. The van der Waals surface area contributed by atoms with Gasteiger partial charge in [-0.05, 0) is 36.9 Å². The first-order valence-electron chi connectivity index (χ1n) is 6.35. The van der Waals surface area contributed by atoms with Crippen LogP contribution in [0.5, 0.6) is 0 Å². The van der Waals surface area contributed by atoms with Gasteiger partial charge in [0.15, 0.2) is 15.6 Å². The molecule has 20 heavy (non-hydrogen) atoms. The van der Waals surface area contributed by atoms with Crippen LogP contribution in [0.1, 0.15) is 28.1 Å². The standard InChI is InChI=1S/C15H16O3S2/c1-12-6-8-13(9-7-12)20(17,18)11-3-4-14(16)15-5-2-10-19-15/h2,5-10H,3-4,11H2,1H3. The summed E-state index contributed by atoms with van der Waals surface area (Å²) in [5.74, 6) is 0.0202. The van der Waals surface area contributed by atoms with Crippen molar-refractivity contribution in [2.24, 2.45) is 0 Å². The zero-order chi connectivity index (χ0) is 14.6. The molecule has 1 aromatic carbocycles. The lowest BCUT2D eigenvalue weighted by atomic mass is 10.2. The number of thiophene rings is 1. The molecule has 0 bridgehead atoms. The molecule has 0 N–H and O–H groups in total. The second kappa shape index (κ2) is 6.33. The van der Waals surface area contributed by atoms with Crippen molar-refractivity contribution in [2.75, 3.05) is 5.75 Å². The second-order valence-electron chi connectivity index (χ2n) is 4.64. The summed E-state index contributed by atoms with van der Waals surface area (Å²) in [5, 5.41) is 1.84. The molecule has 0 amide bonds. The van der Waals surface area contributed by atoms with E-state index in [0.29, 0.717) is 16.2 Å². The van der Waals surface area contributed by atoms with Gasteiger partial charge < -0.3 is 0 Å². The number of carbonyl (C=O) groups excluding carboxylic acids is 1. The monoisotopic (exact) mass is 308 g/mol. The molecule has 0 radical (unpaired) electrons. The fraction of sp³-hybridized carbons (Fsp3) is 0.267. The first-order valence-corrected chi connectivity index (χ1v) is 8.88. The fourth-order valence-corrected chi connectivity index (χ4v) is 3.85. The predicted octanol–water partition coefficient (Wildman–Crippen LogP) is 3.49. The number of rotatable bonds is 6. The molecular formula is C15H16O3S2. The highest BCUT2D eigenvalue weighted by Crippen LogP contribution is 2.16. The topological polar surface area (TPSA) is 51.2 Å². The Morgan fingerprint density at radius 3 is 2.45 bits per heavy atom. The molecule has 2 aromatic rings. The lowest BCUT2D eigenvalue weighted by molar-refractivity contribution is 0.0986. The van der Waals surface area contributed by atoms with Crippen molar-refractivity contribution < 1.29 is 13.2 Å². The van der Waals surface area contributed by atoms with Crippen LogP contribution in [0.25, 0.3) is 0 Å². The minimum atomic E-state index is -3.29. The smallest absolute Gasteiger partial charge is 0.178 e. The molecule has 3 nitrogen and oxygen atoms in total. The number of benzene rings is 1. The van der Waals surface area contributed by atoms with Gasteiger partial charge >= 0.3 is 0 Å². The molecule has 1 aromatic heterocycles. The van der Waals surface area contributed by atoms with Gasteiger partial charge in [-0.25, -0.2) is 8.42 Å². The van der Waals surface area contributed by atoms with E-state index in [2.05, 4.69) is 0 Å². The van der Waals surface area contributed by atoms with Crippen LogP contribution >= 0.6 is 11.3 Å². The van der Waals surface area contributed by atoms with E-state index in [4.69, 9.17) is 0 Å². The van der Waals surface area contributed by atoms with Gasteiger partial charge in [0.1, 0.15) is 0 Å². The highest BCUT2D eigenvalue weighted by atomic mass is 32.2. The first-order chi connectivity index (χ1) is 9.49. The summed E-state index contributed by atoms with van der Waals surface area (Å²) in [6.07, 6.45) is 0.624. The quantitative estimate of drug-likeness (QED) is 0.768. The van der Waals surface area contributed by atoms with E-state index in [-0.39, 0.29) is 18.0 Å². The van der Waals surface area contributed by atoms with Gasteiger partial charge in [0.2, 0.25) is 0 Å². The zero-order valence-corrected chi connectivity index (χ0v) is 12.8. The lowest BCUT2D eigenvalue weighted by Crippen LogP contribution is -2.08. The average molecular weight is 308 g/mol. The molecule has 0 aliphatic rings. The molecule has 0 aliphatic carbocycles. The van der Waals surface area contributed by atoms with Crippen LogP contribution < -0.4 is 0 Å². The van der Waals surface area contributed by atoms with Crippen LogP contribution in [-0.4, -0.2) is 20.0 Å². The Hall–Kier alpha value is -1.46. The van der Waals surface area contributed by atoms with Crippen molar-refractivity contribution in [3.05, 3.63) is 52.2 Å². The first kappa shape index (κ1) is 14.9. The third-order valence-corrected chi connectivity index (χ3v) is 5.72. The van der Waals surface area contributed by atoms with Crippen molar-refractivity contribution in [3.63, 3.8) is 0 Å². The van der Waals surface area contributed by atoms with Crippen molar-refractivity contribution in [1.82, 2.24) is 0 Å². The van der Waals surface area contributed by atoms with Crippen LogP contribution in [0.15, 0.2) is 46.7 Å². The van der Waals surface area contributed by atoms with E-state index in [0.717, 1.165) is 5.56 Å². The number of hydrogen-bond donors (Lipinski definition) is 0. The van der Waals surface area contributed by atoms with Gasteiger partial charge in [-0.15, -0.1) is 11.3 Å². The maximum atomic E-state index is 12.1. The normalized spacial score (nSPS) is 11.4. The molecule has 106 valence electrons. The van der Waals surface area contributed by atoms with E-state index >= 15 is 0 Å². The minimum absolute atomic E-state index is 0.00712. The summed E-state index contributed by atoms with van der Waals surface area (Å²) < 4.78 is 24.2. The Labute approximate surface area is 123 Å². The summed E-state index contributed by atoms with van der Waals surface area (Å²) in [7, 11) is -3.29. The molecule has 2 rings (SSSR count). The van der Waals surface area contributed by atoms with E-state index in [1.54, 1.807) is 30.3 Å². The Balaban J connectivity index is 1.93. The van der Waals surface area contributed by atoms with Crippen molar-refractivity contribution >= 4 is 27.0 Å². The maximum Gasteiger partial charge on any atom is 0.178 e. The molecule has 0 unspecified atom stereocenters. The van der Waals surface area contributed by atoms with Crippen LogP contribution in [0.4, 0.5) is 0 Å². The summed E-state index contributed by atoms with van der Waals surface area (Å²) in [5.41, 5.74) is 1.02. The Morgan fingerprint density at radius 2 is 1.85 bits per heavy atom. The van der Waals surface area contributed by atoms with Crippen LogP contribution in [0.3, 0.4) is 0 Å². The van der Waals surface area contributed by atoms with Gasteiger partial charge in [0, 0.05) is 6.42 Å². The minimum Gasteiger partial charge on any atom is -0.293 e. The molecule has 0 saturated carbocycles. The fourth-order valence-electron chi connectivity index (χ4n) is 1.85.